The van der Waals surface area contributed by atoms with Crippen molar-refractivity contribution < 1.29 is 9.84 Å². The maximum atomic E-state index is 11.1. The van der Waals surface area contributed by atoms with Crippen molar-refractivity contribution in [2.45, 2.75) is 56.2 Å². The van der Waals surface area contributed by atoms with Crippen LogP contribution in [-0.2, 0) is 6.42 Å². The van der Waals surface area contributed by atoms with E-state index in [0.29, 0.717) is 13.0 Å². The van der Waals surface area contributed by atoms with Crippen LogP contribution >= 0.6 is 9.24 Å². The molecule has 3 nitrogen and oxygen atoms in total. The van der Waals surface area contributed by atoms with Crippen molar-refractivity contribution in [2.75, 3.05) is 13.7 Å². The molecule has 0 radical (unpaired) electrons. The van der Waals surface area contributed by atoms with E-state index in [0.717, 1.165) is 23.3 Å². The van der Waals surface area contributed by atoms with E-state index in [1.54, 1.807) is 25.3 Å². The lowest BCUT2D eigenvalue weighted by Gasteiger charge is -2.35. The number of methoxy groups -OCH3 is 1. The largest absolute Gasteiger partial charge is 0.497 e. The van der Waals surface area contributed by atoms with E-state index in [-0.39, 0.29) is 5.66 Å². The fourth-order valence-electron chi connectivity index (χ4n) is 3.27. The van der Waals surface area contributed by atoms with Crippen LogP contribution in [0.2, 0.25) is 0 Å². The predicted octanol–water partition coefficient (Wildman–Crippen LogP) is 4.81. The first-order valence-corrected chi connectivity index (χ1v) is 10.4. The SMILES string of the molecule is C1CCCC1.C=C/C=C(\C=C)C(O)(CCc1ccc(OC)cc1)C(P)CN. The minimum atomic E-state index is -1.05. The maximum Gasteiger partial charge on any atom is 0.118 e. The summed E-state index contributed by atoms with van der Waals surface area (Å²) in [6.07, 6.45) is 13.9. The summed E-state index contributed by atoms with van der Waals surface area (Å²) in [7, 11) is 4.28. The van der Waals surface area contributed by atoms with Gasteiger partial charge in [-0.15, -0.1) is 9.24 Å². The zero-order valence-electron chi connectivity index (χ0n) is 16.7. The van der Waals surface area contributed by atoms with Gasteiger partial charge in [-0.2, -0.15) is 0 Å². The van der Waals surface area contributed by atoms with Crippen LogP contribution in [0.3, 0.4) is 0 Å². The fraction of sp³-hybridized carbons (Fsp3) is 0.478. The van der Waals surface area contributed by atoms with Crippen molar-refractivity contribution in [3.63, 3.8) is 0 Å². The van der Waals surface area contributed by atoms with E-state index in [4.69, 9.17) is 10.5 Å². The summed E-state index contributed by atoms with van der Waals surface area (Å²) in [5, 5.41) is 11.1. The summed E-state index contributed by atoms with van der Waals surface area (Å²) in [6.45, 7) is 7.86. The highest BCUT2D eigenvalue weighted by Gasteiger charge is 2.35. The number of nitrogens with two attached hydrogens (primary N) is 1. The smallest absolute Gasteiger partial charge is 0.118 e. The van der Waals surface area contributed by atoms with Gasteiger partial charge in [-0.05, 0) is 36.1 Å². The lowest BCUT2D eigenvalue weighted by Crippen LogP contribution is -2.44. The summed E-state index contributed by atoms with van der Waals surface area (Å²) in [6, 6.07) is 7.85. The average Bonchev–Trinajstić information content (AvgIpc) is 3.30. The molecule has 1 fully saturated rings. The number of aryl methyl sites for hydroxylation is 1. The molecule has 1 aromatic rings. The summed E-state index contributed by atoms with van der Waals surface area (Å²) in [5.41, 5.74) is 6.44. The topological polar surface area (TPSA) is 55.5 Å². The number of rotatable bonds is 9. The van der Waals surface area contributed by atoms with Gasteiger partial charge >= 0.3 is 0 Å². The monoisotopic (exact) mass is 389 g/mol. The Morgan fingerprint density at radius 3 is 2.19 bits per heavy atom. The Kier molecular flexibility index (Phi) is 11.3. The molecule has 3 atom stereocenters. The van der Waals surface area contributed by atoms with Crippen molar-refractivity contribution in [1.29, 1.82) is 0 Å². The summed E-state index contributed by atoms with van der Waals surface area (Å²) < 4.78 is 5.16. The minimum absolute atomic E-state index is 0.157. The van der Waals surface area contributed by atoms with Gasteiger partial charge in [0.1, 0.15) is 5.75 Å². The molecular formula is C23H36NO2P. The van der Waals surface area contributed by atoms with Gasteiger partial charge in [-0.3, -0.25) is 0 Å². The summed E-state index contributed by atoms with van der Waals surface area (Å²) in [5.74, 6) is 0.822. The van der Waals surface area contributed by atoms with Gasteiger partial charge in [0.15, 0.2) is 0 Å². The lowest BCUT2D eigenvalue weighted by molar-refractivity contribution is 0.0719. The number of ether oxygens (including phenoxy) is 1. The van der Waals surface area contributed by atoms with Crippen LogP contribution < -0.4 is 10.5 Å². The van der Waals surface area contributed by atoms with Gasteiger partial charge in [0.25, 0.3) is 0 Å². The van der Waals surface area contributed by atoms with Crippen molar-refractivity contribution >= 4 is 9.24 Å². The number of hydrogen-bond acceptors (Lipinski definition) is 3. The van der Waals surface area contributed by atoms with Crippen molar-refractivity contribution in [2.24, 2.45) is 5.73 Å². The quantitative estimate of drug-likeness (QED) is 0.471. The predicted molar refractivity (Wildman–Crippen MR) is 120 cm³/mol. The first kappa shape index (κ1) is 23.6. The molecule has 3 N–H and O–H groups in total. The second-order valence-electron chi connectivity index (χ2n) is 6.94. The molecule has 0 spiro atoms. The zero-order chi connectivity index (χ0) is 20.1. The highest BCUT2D eigenvalue weighted by atomic mass is 31.0. The van der Waals surface area contributed by atoms with Gasteiger partial charge in [-0.25, -0.2) is 0 Å². The van der Waals surface area contributed by atoms with E-state index >= 15 is 0 Å². The third-order valence-corrected chi connectivity index (χ3v) is 5.91. The molecule has 0 aromatic heterocycles. The molecule has 0 bridgehead atoms. The van der Waals surface area contributed by atoms with Crippen LogP contribution in [0.15, 0.2) is 61.2 Å². The Morgan fingerprint density at radius 2 is 1.78 bits per heavy atom. The third kappa shape index (κ3) is 7.62. The summed E-state index contributed by atoms with van der Waals surface area (Å²) >= 11 is 0. The molecule has 0 amide bonds. The second kappa shape index (κ2) is 12.9. The zero-order valence-corrected chi connectivity index (χ0v) is 17.9. The molecule has 3 unspecified atom stereocenters. The van der Waals surface area contributed by atoms with Crippen LogP contribution in [-0.4, -0.2) is 30.0 Å². The molecule has 1 aromatic carbocycles. The Morgan fingerprint density at radius 1 is 1.22 bits per heavy atom. The molecular weight excluding hydrogens is 353 g/mol. The number of benzene rings is 1. The highest BCUT2D eigenvalue weighted by molar-refractivity contribution is 7.17. The summed E-state index contributed by atoms with van der Waals surface area (Å²) in [4.78, 5) is 0. The van der Waals surface area contributed by atoms with Gasteiger partial charge in [0.05, 0.1) is 12.7 Å². The van der Waals surface area contributed by atoms with Crippen LogP contribution in [0.25, 0.3) is 0 Å². The molecule has 0 aliphatic heterocycles. The normalized spacial score (nSPS) is 17.3. The molecule has 27 heavy (non-hydrogen) atoms. The van der Waals surface area contributed by atoms with E-state index < -0.39 is 5.60 Å². The molecule has 2 rings (SSSR count). The van der Waals surface area contributed by atoms with Crippen molar-refractivity contribution in [1.82, 2.24) is 0 Å². The van der Waals surface area contributed by atoms with Crippen molar-refractivity contribution in [3.05, 3.63) is 66.8 Å². The molecule has 0 saturated heterocycles. The molecule has 150 valence electrons. The Bertz CT molecular complexity index is 585. The molecule has 1 aliphatic rings. The maximum absolute atomic E-state index is 11.1. The Labute approximate surface area is 167 Å². The minimum Gasteiger partial charge on any atom is -0.497 e. The first-order chi connectivity index (χ1) is 13.0. The second-order valence-corrected chi connectivity index (χ2v) is 7.75. The van der Waals surface area contributed by atoms with E-state index in [1.807, 2.05) is 24.3 Å². The average molecular weight is 390 g/mol. The Hall–Kier alpha value is -1.41. The number of aliphatic hydroxyl groups is 1. The van der Waals surface area contributed by atoms with Crippen molar-refractivity contribution in [3.8, 4) is 5.75 Å². The van der Waals surface area contributed by atoms with E-state index in [9.17, 15) is 5.11 Å². The molecule has 1 aliphatic carbocycles. The van der Waals surface area contributed by atoms with Crippen LogP contribution in [0.1, 0.15) is 44.1 Å². The lowest BCUT2D eigenvalue weighted by atomic mass is 9.83. The van der Waals surface area contributed by atoms with Crippen LogP contribution in [0.5, 0.6) is 5.75 Å². The van der Waals surface area contributed by atoms with Crippen LogP contribution in [0, 0.1) is 0 Å². The number of hydrogen-bond donors (Lipinski definition) is 2. The molecule has 4 heteroatoms. The van der Waals surface area contributed by atoms with Gasteiger partial charge < -0.3 is 15.6 Å². The third-order valence-electron chi connectivity index (χ3n) is 5.09. The fourth-order valence-corrected chi connectivity index (χ4v) is 3.62. The number of allylic oxidation sites excluding steroid dienone is 2. The van der Waals surface area contributed by atoms with Gasteiger partial charge in [-0.1, -0.05) is 75.6 Å². The standard InChI is InChI=1S/C18H26NO2P.C5H10/c1-4-6-15(5-2)18(20,17(22)13-19)12-11-14-7-9-16(21-3)10-8-14;1-2-4-5-3-1/h4-10,17,20H,1-2,11-13,19,22H2,3H3;1-5H2/b15-6+;. The first-order valence-electron chi connectivity index (χ1n) is 9.78. The van der Waals surface area contributed by atoms with Gasteiger partial charge in [0, 0.05) is 12.2 Å². The van der Waals surface area contributed by atoms with E-state index in [2.05, 4.69) is 22.4 Å². The molecule has 1 saturated carbocycles. The van der Waals surface area contributed by atoms with Gasteiger partial charge in [0.2, 0.25) is 0 Å². The molecule has 0 heterocycles. The van der Waals surface area contributed by atoms with E-state index in [1.165, 1.54) is 32.1 Å². The van der Waals surface area contributed by atoms with Crippen LogP contribution in [0.4, 0.5) is 0 Å². The Balaban J connectivity index is 0.000000625. The highest BCUT2D eigenvalue weighted by Crippen LogP contribution is 2.32.